The highest BCUT2D eigenvalue weighted by atomic mass is 28.3. The summed E-state index contributed by atoms with van der Waals surface area (Å²) in [6, 6.07) is 3.59. The summed E-state index contributed by atoms with van der Waals surface area (Å²) in [6.07, 6.45) is 7.22. The lowest BCUT2D eigenvalue weighted by Gasteiger charge is -2.31. The summed E-state index contributed by atoms with van der Waals surface area (Å²) >= 11 is 0. The van der Waals surface area contributed by atoms with Crippen LogP contribution in [0.25, 0.3) is 0 Å². The summed E-state index contributed by atoms with van der Waals surface area (Å²) in [5.41, 5.74) is 0.0434. The lowest BCUT2D eigenvalue weighted by molar-refractivity contribution is -0.141. The Morgan fingerprint density at radius 1 is 0.957 bits per heavy atom. The van der Waals surface area contributed by atoms with E-state index in [4.69, 9.17) is 9.84 Å². The average Bonchev–Trinajstić information content (AvgIpc) is 2.52. The topological polar surface area (TPSA) is 63.6 Å². The standard InChI is InChI=1S/C18H34O4Si/c1-5-8-11-23(12-9-6-2,13-10-7-3)15-22-18(21)16(4)14-17(19)20/h4-15H2,1-3H3,(H,19,20). The second-order valence-electron chi connectivity index (χ2n) is 6.56. The number of hydrogen-bond donors (Lipinski definition) is 1. The highest BCUT2D eigenvalue weighted by Crippen LogP contribution is 2.29. The van der Waals surface area contributed by atoms with Gasteiger partial charge < -0.3 is 9.84 Å². The quantitative estimate of drug-likeness (QED) is 0.276. The van der Waals surface area contributed by atoms with Gasteiger partial charge in [0.15, 0.2) is 0 Å². The number of unbranched alkanes of at least 4 members (excludes halogenated alkanes) is 3. The third-order valence-corrected chi connectivity index (χ3v) is 9.34. The highest BCUT2D eigenvalue weighted by molar-refractivity contribution is 6.79. The predicted molar refractivity (Wildman–Crippen MR) is 97.3 cm³/mol. The number of carboxylic acid groups (broad SMARTS) is 1. The van der Waals surface area contributed by atoms with Crippen LogP contribution in [-0.2, 0) is 14.3 Å². The van der Waals surface area contributed by atoms with E-state index in [0.29, 0.717) is 6.23 Å². The van der Waals surface area contributed by atoms with Gasteiger partial charge in [0.05, 0.1) is 20.7 Å². The van der Waals surface area contributed by atoms with Crippen LogP contribution in [0.1, 0.15) is 65.7 Å². The number of ether oxygens (including phenoxy) is 1. The van der Waals surface area contributed by atoms with E-state index in [0.717, 1.165) is 19.3 Å². The lowest BCUT2D eigenvalue weighted by Crippen LogP contribution is -2.41. The third-order valence-electron chi connectivity index (χ3n) is 4.34. The molecule has 4 nitrogen and oxygen atoms in total. The molecule has 0 amide bonds. The zero-order valence-electron chi connectivity index (χ0n) is 15.2. The zero-order valence-corrected chi connectivity index (χ0v) is 16.2. The van der Waals surface area contributed by atoms with Crippen molar-refractivity contribution in [2.75, 3.05) is 6.23 Å². The smallest absolute Gasteiger partial charge is 0.333 e. The van der Waals surface area contributed by atoms with Crippen molar-refractivity contribution < 1.29 is 19.4 Å². The highest BCUT2D eigenvalue weighted by Gasteiger charge is 2.33. The van der Waals surface area contributed by atoms with Crippen molar-refractivity contribution in [2.45, 2.75) is 83.8 Å². The van der Waals surface area contributed by atoms with Crippen molar-refractivity contribution in [3.05, 3.63) is 12.2 Å². The van der Waals surface area contributed by atoms with Gasteiger partial charge in [0.1, 0.15) is 0 Å². The first kappa shape index (κ1) is 21.9. The lowest BCUT2D eigenvalue weighted by atomic mass is 10.2. The van der Waals surface area contributed by atoms with Gasteiger partial charge in [-0.25, -0.2) is 4.79 Å². The monoisotopic (exact) mass is 342 g/mol. The second-order valence-corrected chi connectivity index (χ2v) is 11.3. The minimum absolute atomic E-state index is 0.0434. The fourth-order valence-electron chi connectivity index (χ4n) is 2.82. The molecule has 0 aromatic carbocycles. The number of rotatable bonds is 14. The van der Waals surface area contributed by atoms with Crippen molar-refractivity contribution in [3.63, 3.8) is 0 Å². The molecule has 0 aromatic heterocycles. The Bertz CT molecular complexity index is 357. The molecule has 0 bridgehead atoms. The van der Waals surface area contributed by atoms with Crippen LogP contribution in [0.5, 0.6) is 0 Å². The van der Waals surface area contributed by atoms with Gasteiger partial charge in [-0.2, -0.15) is 0 Å². The number of carbonyl (C=O) groups is 2. The molecular weight excluding hydrogens is 308 g/mol. The number of esters is 1. The van der Waals surface area contributed by atoms with E-state index in [1.165, 1.54) is 37.4 Å². The molecule has 23 heavy (non-hydrogen) atoms. The SMILES string of the molecule is C=C(CC(=O)O)C(=O)OC[Si](CCCC)(CCCC)CCCC. The summed E-state index contributed by atoms with van der Waals surface area (Å²) in [5, 5.41) is 8.75. The molecule has 0 aliphatic heterocycles. The molecule has 0 atom stereocenters. The Balaban J connectivity index is 4.83. The van der Waals surface area contributed by atoms with E-state index in [1.54, 1.807) is 0 Å². The van der Waals surface area contributed by atoms with E-state index in [-0.39, 0.29) is 12.0 Å². The van der Waals surface area contributed by atoms with Crippen LogP contribution in [0.3, 0.4) is 0 Å². The Morgan fingerprint density at radius 3 is 1.74 bits per heavy atom. The van der Waals surface area contributed by atoms with E-state index in [1.807, 2.05) is 0 Å². The Labute approximate surface area is 142 Å². The predicted octanol–water partition coefficient (Wildman–Crippen LogP) is 4.95. The zero-order chi connectivity index (χ0) is 17.7. The maximum atomic E-state index is 12.0. The van der Waals surface area contributed by atoms with Crippen molar-refractivity contribution in [2.24, 2.45) is 0 Å². The average molecular weight is 343 g/mol. The number of carboxylic acids is 1. The molecule has 0 saturated heterocycles. The van der Waals surface area contributed by atoms with Crippen LogP contribution in [0.15, 0.2) is 12.2 Å². The molecule has 0 aliphatic rings. The van der Waals surface area contributed by atoms with Crippen molar-refractivity contribution in [3.8, 4) is 0 Å². The first-order valence-corrected chi connectivity index (χ1v) is 11.8. The van der Waals surface area contributed by atoms with Gasteiger partial charge >= 0.3 is 11.9 Å². The Hall–Kier alpha value is -1.10. The normalized spacial score (nSPS) is 11.3. The number of aliphatic carboxylic acids is 1. The van der Waals surface area contributed by atoms with Crippen molar-refractivity contribution in [1.82, 2.24) is 0 Å². The van der Waals surface area contributed by atoms with Gasteiger partial charge in [0.2, 0.25) is 0 Å². The maximum Gasteiger partial charge on any atom is 0.333 e. The molecule has 0 radical (unpaired) electrons. The van der Waals surface area contributed by atoms with E-state index in [2.05, 4.69) is 27.4 Å². The fourth-order valence-corrected chi connectivity index (χ4v) is 7.75. The molecule has 0 fully saturated rings. The molecule has 0 unspecified atom stereocenters. The molecule has 0 heterocycles. The van der Waals surface area contributed by atoms with E-state index in [9.17, 15) is 9.59 Å². The second kappa shape index (κ2) is 12.3. The molecule has 1 N–H and O–H groups in total. The molecule has 0 spiro atoms. The summed E-state index contributed by atoms with van der Waals surface area (Å²) in [5.74, 6) is -1.58. The van der Waals surface area contributed by atoms with Gasteiger partial charge in [0, 0.05) is 5.57 Å². The minimum atomic E-state index is -1.64. The largest absolute Gasteiger partial charge is 0.481 e. The summed E-state index contributed by atoms with van der Waals surface area (Å²) in [7, 11) is -1.64. The van der Waals surface area contributed by atoms with Gasteiger partial charge in [-0.3, -0.25) is 4.79 Å². The summed E-state index contributed by atoms with van der Waals surface area (Å²) in [4.78, 5) is 22.7. The van der Waals surface area contributed by atoms with Crippen molar-refractivity contribution in [1.29, 1.82) is 0 Å². The molecular formula is C18H34O4Si. The Kier molecular flexibility index (Phi) is 11.7. The third kappa shape index (κ3) is 9.59. The number of carbonyl (C=O) groups excluding carboxylic acids is 1. The summed E-state index contributed by atoms with van der Waals surface area (Å²) < 4.78 is 5.52. The van der Waals surface area contributed by atoms with E-state index < -0.39 is 20.0 Å². The first-order valence-electron chi connectivity index (χ1n) is 8.97. The van der Waals surface area contributed by atoms with Crippen LogP contribution in [-0.4, -0.2) is 31.3 Å². The molecule has 0 rings (SSSR count). The minimum Gasteiger partial charge on any atom is -0.481 e. The van der Waals surface area contributed by atoms with Crippen LogP contribution in [0.2, 0.25) is 18.1 Å². The van der Waals surface area contributed by atoms with Gasteiger partial charge in [-0.05, 0) is 0 Å². The number of hydrogen-bond acceptors (Lipinski definition) is 3. The molecule has 134 valence electrons. The van der Waals surface area contributed by atoms with Gasteiger partial charge in [-0.1, -0.05) is 84.0 Å². The molecule has 5 heteroatoms. The maximum absolute atomic E-state index is 12.0. The van der Waals surface area contributed by atoms with Crippen LogP contribution < -0.4 is 0 Å². The Morgan fingerprint density at radius 2 is 1.39 bits per heavy atom. The van der Waals surface area contributed by atoms with Crippen LogP contribution in [0.4, 0.5) is 0 Å². The van der Waals surface area contributed by atoms with Crippen molar-refractivity contribution >= 4 is 20.0 Å². The molecule has 0 aromatic rings. The van der Waals surface area contributed by atoms with E-state index >= 15 is 0 Å². The molecule has 0 aliphatic carbocycles. The first-order chi connectivity index (χ1) is 10.9. The summed E-state index contributed by atoms with van der Waals surface area (Å²) in [6.45, 7) is 10.1. The van der Waals surface area contributed by atoms with Crippen LogP contribution in [0, 0.1) is 0 Å². The van der Waals surface area contributed by atoms with Gasteiger partial charge in [0.25, 0.3) is 0 Å². The van der Waals surface area contributed by atoms with Crippen LogP contribution >= 0.6 is 0 Å². The van der Waals surface area contributed by atoms with Gasteiger partial charge in [-0.15, -0.1) is 0 Å². The fraction of sp³-hybridized carbons (Fsp3) is 0.778. The molecule has 0 saturated carbocycles.